The molecule has 3 aromatic rings. The van der Waals surface area contributed by atoms with Crippen molar-refractivity contribution in [2.24, 2.45) is 0 Å². The molecule has 0 spiro atoms. The number of furan rings is 1. The number of carbonyl (C=O) groups is 1. The highest BCUT2D eigenvalue weighted by molar-refractivity contribution is 6.31. The van der Waals surface area contributed by atoms with Gasteiger partial charge >= 0.3 is 0 Å². The van der Waals surface area contributed by atoms with Gasteiger partial charge in [0.1, 0.15) is 11.7 Å². The molecular formula is C16H11ClO3. The minimum atomic E-state index is -1.23. The third-order valence-electron chi connectivity index (χ3n) is 3.08. The van der Waals surface area contributed by atoms with Gasteiger partial charge in [0.05, 0.1) is 0 Å². The highest BCUT2D eigenvalue weighted by Crippen LogP contribution is 2.26. The van der Waals surface area contributed by atoms with E-state index in [0.29, 0.717) is 16.2 Å². The minimum Gasteiger partial charge on any atom is -0.453 e. The molecule has 100 valence electrons. The predicted octanol–water partition coefficient (Wildman–Crippen LogP) is 4.00. The minimum absolute atomic E-state index is 0.124. The maximum Gasteiger partial charge on any atom is 0.230 e. The molecule has 0 bridgehead atoms. The summed E-state index contributed by atoms with van der Waals surface area (Å²) in [6.07, 6.45) is -1.23. The summed E-state index contributed by atoms with van der Waals surface area (Å²) in [6, 6.07) is 15.4. The highest BCUT2D eigenvalue weighted by Gasteiger charge is 2.22. The number of rotatable bonds is 3. The van der Waals surface area contributed by atoms with Gasteiger partial charge in [0.25, 0.3) is 0 Å². The molecule has 3 nitrogen and oxygen atoms in total. The van der Waals surface area contributed by atoms with Crippen LogP contribution in [0.3, 0.4) is 0 Å². The van der Waals surface area contributed by atoms with Gasteiger partial charge in [-0.1, -0.05) is 41.9 Å². The van der Waals surface area contributed by atoms with Crippen LogP contribution in [0.2, 0.25) is 5.02 Å². The molecule has 1 aromatic heterocycles. The van der Waals surface area contributed by atoms with Gasteiger partial charge in [-0.05, 0) is 29.8 Å². The summed E-state index contributed by atoms with van der Waals surface area (Å²) in [5.41, 5.74) is 1.11. The third-order valence-corrected chi connectivity index (χ3v) is 3.32. The first-order valence-corrected chi connectivity index (χ1v) is 6.49. The third kappa shape index (κ3) is 2.33. The van der Waals surface area contributed by atoms with Gasteiger partial charge in [-0.25, -0.2) is 0 Å². The lowest BCUT2D eigenvalue weighted by Crippen LogP contribution is -2.11. The van der Waals surface area contributed by atoms with Crippen LogP contribution in [0.5, 0.6) is 0 Å². The van der Waals surface area contributed by atoms with Gasteiger partial charge in [-0.2, -0.15) is 0 Å². The predicted molar refractivity (Wildman–Crippen MR) is 77.0 cm³/mol. The van der Waals surface area contributed by atoms with Gasteiger partial charge < -0.3 is 9.52 Å². The Morgan fingerprint density at radius 1 is 1.10 bits per heavy atom. The molecule has 1 N–H and O–H groups in total. The van der Waals surface area contributed by atoms with Gasteiger partial charge in [0.2, 0.25) is 5.78 Å². The molecule has 0 amide bonds. The van der Waals surface area contributed by atoms with Gasteiger partial charge in [-0.3, -0.25) is 4.79 Å². The van der Waals surface area contributed by atoms with Crippen LogP contribution in [0.25, 0.3) is 11.0 Å². The lowest BCUT2D eigenvalue weighted by molar-refractivity contribution is 0.0720. The van der Waals surface area contributed by atoms with Crippen molar-refractivity contribution in [3.63, 3.8) is 0 Å². The van der Waals surface area contributed by atoms with Crippen molar-refractivity contribution in [1.29, 1.82) is 0 Å². The number of aliphatic hydroxyl groups is 1. The Balaban J connectivity index is 1.96. The maximum atomic E-state index is 12.2. The summed E-state index contributed by atoms with van der Waals surface area (Å²) in [5, 5.41) is 11.4. The number of aliphatic hydroxyl groups excluding tert-OH is 1. The molecule has 3 rings (SSSR count). The van der Waals surface area contributed by atoms with Crippen LogP contribution < -0.4 is 0 Å². The van der Waals surface area contributed by atoms with Crippen molar-refractivity contribution in [3.05, 3.63) is 70.9 Å². The molecule has 0 saturated heterocycles. The molecule has 1 atom stereocenters. The van der Waals surface area contributed by atoms with Crippen molar-refractivity contribution < 1.29 is 14.3 Å². The van der Waals surface area contributed by atoms with E-state index in [0.717, 1.165) is 5.39 Å². The molecule has 0 aliphatic carbocycles. The molecule has 1 heterocycles. The normalized spacial score (nSPS) is 12.5. The molecule has 0 aliphatic heterocycles. The number of ketones is 1. The number of hydrogen-bond acceptors (Lipinski definition) is 3. The summed E-state index contributed by atoms with van der Waals surface area (Å²) in [7, 11) is 0. The van der Waals surface area contributed by atoms with E-state index in [4.69, 9.17) is 16.0 Å². The number of carbonyl (C=O) groups excluding carboxylic acids is 1. The first-order chi connectivity index (χ1) is 9.65. The average molecular weight is 287 g/mol. The van der Waals surface area contributed by atoms with Gasteiger partial charge in [-0.15, -0.1) is 0 Å². The Kier molecular flexibility index (Phi) is 3.30. The molecule has 20 heavy (non-hydrogen) atoms. The summed E-state index contributed by atoms with van der Waals surface area (Å²) in [4.78, 5) is 12.2. The number of benzene rings is 2. The van der Waals surface area contributed by atoms with E-state index in [1.165, 1.54) is 0 Å². The molecule has 1 unspecified atom stereocenters. The Hall–Kier alpha value is -2.10. The quantitative estimate of drug-likeness (QED) is 0.740. The Labute approximate surface area is 120 Å². The fourth-order valence-corrected chi connectivity index (χ4v) is 2.24. The monoisotopic (exact) mass is 286 g/mol. The zero-order chi connectivity index (χ0) is 14.1. The van der Waals surface area contributed by atoms with E-state index in [1.807, 2.05) is 6.07 Å². The van der Waals surface area contributed by atoms with E-state index >= 15 is 0 Å². The average Bonchev–Trinajstić information content (AvgIpc) is 2.89. The second-order valence-corrected chi connectivity index (χ2v) is 4.91. The van der Waals surface area contributed by atoms with Crippen LogP contribution in [0, 0.1) is 0 Å². The second-order valence-electron chi connectivity index (χ2n) is 4.47. The number of hydrogen-bond donors (Lipinski definition) is 1. The van der Waals surface area contributed by atoms with Crippen molar-refractivity contribution in [2.75, 3.05) is 0 Å². The fraction of sp³-hybridized carbons (Fsp3) is 0.0625. The second kappa shape index (κ2) is 5.12. The standard InChI is InChI=1S/C16H11ClO3/c17-12-6-7-13-11(8-12)9-14(20-13)16(19)15(18)10-4-2-1-3-5-10/h1-9,15,18H. The number of halogens is 1. The lowest BCUT2D eigenvalue weighted by Gasteiger charge is -2.07. The van der Waals surface area contributed by atoms with Crippen LogP contribution in [-0.4, -0.2) is 10.9 Å². The molecule has 4 heteroatoms. The van der Waals surface area contributed by atoms with E-state index in [-0.39, 0.29) is 5.76 Å². The number of Topliss-reactive ketones (excluding diaryl/α,β-unsaturated/α-hetero) is 1. The molecular weight excluding hydrogens is 276 g/mol. The van der Waals surface area contributed by atoms with Crippen LogP contribution in [0.1, 0.15) is 22.2 Å². The topological polar surface area (TPSA) is 50.4 Å². The van der Waals surface area contributed by atoms with E-state index in [2.05, 4.69) is 0 Å². The summed E-state index contributed by atoms with van der Waals surface area (Å²) in [6.45, 7) is 0. The summed E-state index contributed by atoms with van der Waals surface area (Å²) < 4.78 is 5.46. The van der Waals surface area contributed by atoms with Crippen molar-refractivity contribution >= 4 is 28.4 Å². The smallest absolute Gasteiger partial charge is 0.230 e. The van der Waals surface area contributed by atoms with Crippen molar-refractivity contribution in [1.82, 2.24) is 0 Å². The van der Waals surface area contributed by atoms with E-state index in [1.54, 1.807) is 48.5 Å². The zero-order valence-electron chi connectivity index (χ0n) is 10.4. The Morgan fingerprint density at radius 2 is 1.85 bits per heavy atom. The number of fused-ring (bicyclic) bond motifs is 1. The maximum absolute atomic E-state index is 12.2. The SMILES string of the molecule is O=C(c1cc2cc(Cl)ccc2o1)C(O)c1ccccc1. The first kappa shape index (κ1) is 12.9. The van der Waals surface area contributed by atoms with Crippen molar-refractivity contribution in [3.8, 4) is 0 Å². The lowest BCUT2D eigenvalue weighted by atomic mass is 10.0. The van der Waals surface area contributed by atoms with E-state index in [9.17, 15) is 9.90 Å². The molecule has 0 radical (unpaired) electrons. The zero-order valence-corrected chi connectivity index (χ0v) is 11.2. The van der Waals surface area contributed by atoms with Gasteiger partial charge in [0, 0.05) is 10.4 Å². The first-order valence-electron chi connectivity index (χ1n) is 6.11. The van der Waals surface area contributed by atoms with Crippen LogP contribution in [0.4, 0.5) is 0 Å². The highest BCUT2D eigenvalue weighted by atomic mass is 35.5. The van der Waals surface area contributed by atoms with Gasteiger partial charge in [0.15, 0.2) is 5.76 Å². The molecule has 2 aromatic carbocycles. The fourth-order valence-electron chi connectivity index (χ4n) is 2.06. The largest absolute Gasteiger partial charge is 0.453 e. The molecule has 0 aliphatic rings. The summed E-state index contributed by atoms with van der Waals surface area (Å²) in [5.74, 6) is -0.345. The Bertz CT molecular complexity index is 762. The van der Waals surface area contributed by atoms with Crippen molar-refractivity contribution in [2.45, 2.75) is 6.10 Å². The molecule has 0 saturated carbocycles. The van der Waals surface area contributed by atoms with Crippen LogP contribution in [0.15, 0.2) is 59.0 Å². The van der Waals surface area contributed by atoms with E-state index < -0.39 is 11.9 Å². The van der Waals surface area contributed by atoms with Crippen LogP contribution in [-0.2, 0) is 0 Å². The van der Waals surface area contributed by atoms with Crippen LogP contribution >= 0.6 is 11.6 Å². The Morgan fingerprint density at radius 3 is 2.60 bits per heavy atom. The molecule has 0 fully saturated rings. The summed E-state index contributed by atoms with van der Waals surface area (Å²) >= 11 is 5.89.